The molecule has 3 nitrogen and oxygen atoms in total. The molecule has 0 radical (unpaired) electrons. The van der Waals surface area contributed by atoms with Crippen LogP contribution < -0.4 is 0 Å². The van der Waals surface area contributed by atoms with Gasteiger partial charge in [-0.1, -0.05) is 71.7 Å². The summed E-state index contributed by atoms with van der Waals surface area (Å²) in [6.45, 7) is 6.26. The highest BCUT2D eigenvalue weighted by Gasteiger charge is 1.92. The lowest BCUT2D eigenvalue weighted by Crippen LogP contribution is -1.78. The summed E-state index contributed by atoms with van der Waals surface area (Å²) < 4.78 is 0. The Hall–Kier alpha value is -3.85. The van der Waals surface area contributed by atoms with Crippen LogP contribution in [-0.4, -0.2) is 15.0 Å². The Kier molecular flexibility index (Phi) is 12.8. The molecule has 0 bridgehead atoms. The van der Waals surface area contributed by atoms with Gasteiger partial charge in [0.05, 0.1) is 5.52 Å². The minimum absolute atomic E-state index is 0. The zero-order chi connectivity index (χ0) is 21.6. The minimum Gasteiger partial charge on any atom is -0.361 e. The van der Waals surface area contributed by atoms with E-state index in [1.54, 1.807) is 0 Å². The second kappa shape index (κ2) is 14.4. The Morgan fingerprint density at radius 1 is 0.514 bits per heavy atom. The van der Waals surface area contributed by atoms with E-state index in [0.29, 0.717) is 0 Å². The molecule has 3 aromatic heterocycles. The van der Waals surface area contributed by atoms with Gasteiger partial charge in [0.2, 0.25) is 0 Å². The molecule has 0 saturated heterocycles. The Morgan fingerprint density at radius 2 is 1.11 bits per heavy atom. The molecule has 2 N–H and O–H groups in total. The third-order valence-electron chi connectivity index (χ3n) is 5.15. The number of benzene rings is 3. The zero-order valence-corrected chi connectivity index (χ0v) is 18.2. The van der Waals surface area contributed by atoms with E-state index in [0.717, 1.165) is 5.52 Å². The molecule has 186 valence electrons. The van der Waals surface area contributed by atoms with Crippen LogP contribution >= 0.6 is 0 Å². The fourth-order valence-electron chi connectivity index (χ4n) is 3.52. The van der Waals surface area contributed by atoms with Crippen molar-refractivity contribution in [2.45, 2.75) is 50.5 Å². The van der Waals surface area contributed by atoms with Crippen molar-refractivity contribution in [3.8, 4) is 0 Å². The van der Waals surface area contributed by atoms with Crippen molar-refractivity contribution in [3.63, 3.8) is 0 Å². The molecule has 0 aliphatic carbocycles. The first-order chi connectivity index (χ1) is 15.1. The van der Waals surface area contributed by atoms with Gasteiger partial charge < -0.3 is 9.97 Å². The van der Waals surface area contributed by atoms with Crippen LogP contribution in [0.3, 0.4) is 0 Å². The Labute approximate surface area is 212 Å². The number of H-pyrrole nitrogens is 2. The number of hydrogen-bond donors (Lipinski definition) is 2. The molecule has 6 rings (SSSR count). The molecule has 0 aliphatic rings. The molecular weight excluding hydrogens is 426 g/mol. The van der Waals surface area contributed by atoms with E-state index in [1.807, 2.05) is 36.8 Å². The van der Waals surface area contributed by atoms with Crippen LogP contribution in [0.15, 0.2) is 97.5 Å². The highest BCUT2D eigenvalue weighted by atomic mass is 14.7. The third-order valence-corrected chi connectivity index (χ3v) is 5.15. The highest BCUT2D eigenvalue weighted by molar-refractivity contribution is 5.80. The van der Waals surface area contributed by atoms with Crippen molar-refractivity contribution in [1.82, 2.24) is 15.0 Å². The van der Waals surface area contributed by atoms with Crippen molar-refractivity contribution in [2.75, 3.05) is 0 Å². The van der Waals surface area contributed by atoms with E-state index in [1.165, 1.54) is 43.9 Å². The average molecular weight is 470 g/mol. The number of fused-ring (bicyclic) bond motifs is 3. The number of nitrogens with zero attached hydrogens (tertiary/aromatic N) is 1. The predicted octanol–water partition coefficient (Wildman–Crippen LogP) is 10.0. The molecule has 3 aromatic carbocycles. The standard InChI is InChI=1S/C10H9N.2C9H9N.4CH4/c1-8-6-9-4-2-3-5-10(9)11-7-8;1-7-2-3-9-8(6-7)4-5-10-9;1-7-2-3-8-4-5-10-9(8)6-7;;;;/h2-7H,1H3;2*2-6,10H,1H3;4*1H4. The summed E-state index contributed by atoms with van der Waals surface area (Å²) in [6, 6.07) is 27.2. The quantitative estimate of drug-likeness (QED) is 0.228. The smallest absolute Gasteiger partial charge is 0.0702 e. The van der Waals surface area contributed by atoms with E-state index in [9.17, 15) is 0 Å². The Morgan fingerprint density at radius 3 is 1.89 bits per heavy atom. The molecule has 0 spiro atoms. The molecule has 0 unspecified atom stereocenters. The number of rotatable bonds is 0. The summed E-state index contributed by atoms with van der Waals surface area (Å²) in [5.41, 5.74) is 7.33. The largest absolute Gasteiger partial charge is 0.361 e. The Balaban J connectivity index is 0.000000469. The molecule has 6 aromatic rings. The van der Waals surface area contributed by atoms with Gasteiger partial charge in [-0.15, -0.1) is 0 Å². The molecule has 3 heteroatoms. The summed E-state index contributed by atoms with van der Waals surface area (Å²) >= 11 is 0. The van der Waals surface area contributed by atoms with Crippen LogP contribution in [0.5, 0.6) is 0 Å². The first-order valence-corrected chi connectivity index (χ1v) is 10.5. The zero-order valence-electron chi connectivity index (χ0n) is 18.2. The van der Waals surface area contributed by atoms with Gasteiger partial charge in [-0.05, 0) is 85.1 Å². The lowest BCUT2D eigenvalue weighted by Gasteiger charge is -1.95. The summed E-state index contributed by atoms with van der Waals surface area (Å²) in [5.74, 6) is 0. The van der Waals surface area contributed by atoms with Gasteiger partial charge in [-0.25, -0.2) is 0 Å². The molecule has 35 heavy (non-hydrogen) atoms. The molecule has 3 heterocycles. The first-order valence-electron chi connectivity index (χ1n) is 10.5. The fraction of sp³-hybridized carbons (Fsp3) is 0.219. The summed E-state index contributed by atoms with van der Waals surface area (Å²) in [4.78, 5) is 10.6. The van der Waals surface area contributed by atoms with Crippen molar-refractivity contribution in [1.29, 1.82) is 0 Å². The highest BCUT2D eigenvalue weighted by Crippen LogP contribution is 2.14. The maximum Gasteiger partial charge on any atom is 0.0702 e. The third kappa shape index (κ3) is 8.15. The number of aromatic nitrogens is 3. The van der Waals surface area contributed by atoms with Gasteiger partial charge in [-0.3, -0.25) is 4.98 Å². The number of nitrogens with one attached hydrogen (secondary N) is 2. The van der Waals surface area contributed by atoms with Crippen LogP contribution in [0.25, 0.3) is 32.7 Å². The maximum absolute atomic E-state index is 4.28. The molecule has 0 aliphatic heterocycles. The lowest BCUT2D eigenvalue weighted by molar-refractivity contribution is 1.33. The van der Waals surface area contributed by atoms with Crippen LogP contribution in [0, 0.1) is 20.8 Å². The van der Waals surface area contributed by atoms with Gasteiger partial charge in [0.25, 0.3) is 0 Å². The normalized spacial score (nSPS) is 9.23. The summed E-state index contributed by atoms with van der Waals surface area (Å²) in [5, 5.41) is 3.79. The van der Waals surface area contributed by atoms with E-state index in [2.05, 4.69) is 96.4 Å². The SMILES string of the molecule is C.C.C.C.Cc1ccc2[nH]ccc2c1.Cc1ccc2cc[nH]c2c1.Cc1cnc2ccccc2c1. The molecule has 0 saturated carbocycles. The second-order valence-electron chi connectivity index (χ2n) is 7.84. The van der Waals surface area contributed by atoms with E-state index in [4.69, 9.17) is 0 Å². The van der Waals surface area contributed by atoms with Gasteiger partial charge >= 0.3 is 0 Å². The van der Waals surface area contributed by atoms with Gasteiger partial charge in [0.1, 0.15) is 0 Å². The number of hydrogen-bond acceptors (Lipinski definition) is 1. The van der Waals surface area contributed by atoms with Crippen LogP contribution in [0.1, 0.15) is 46.4 Å². The number of aromatic amines is 2. The van der Waals surface area contributed by atoms with Crippen LogP contribution in [-0.2, 0) is 0 Å². The molecule has 0 atom stereocenters. The topological polar surface area (TPSA) is 44.5 Å². The molecule has 0 amide bonds. The fourth-order valence-corrected chi connectivity index (χ4v) is 3.52. The Bertz CT molecular complexity index is 1350. The van der Waals surface area contributed by atoms with E-state index < -0.39 is 0 Å². The average Bonchev–Trinajstić information content (AvgIpc) is 3.43. The number of pyridine rings is 1. The van der Waals surface area contributed by atoms with E-state index >= 15 is 0 Å². The monoisotopic (exact) mass is 469 g/mol. The number of para-hydroxylation sites is 1. The summed E-state index contributed by atoms with van der Waals surface area (Å²) in [6.07, 6.45) is 5.82. The molecule has 0 fully saturated rings. The first kappa shape index (κ1) is 31.1. The second-order valence-corrected chi connectivity index (χ2v) is 7.84. The van der Waals surface area contributed by atoms with Crippen molar-refractivity contribution >= 4 is 32.7 Å². The van der Waals surface area contributed by atoms with Crippen molar-refractivity contribution in [3.05, 3.63) is 114 Å². The van der Waals surface area contributed by atoms with E-state index in [-0.39, 0.29) is 29.7 Å². The summed E-state index contributed by atoms with van der Waals surface area (Å²) in [7, 11) is 0. The van der Waals surface area contributed by atoms with Crippen LogP contribution in [0.4, 0.5) is 0 Å². The van der Waals surface area contributed by atoms with Crippen LogP contribution in [0.2, 0.25) is 0 Å². The van der Waals surface area contributed by atoms with Gasteiger partial charge in [0, 0.05) is 35.0 Å². The lowest BCUT2D eigenvalue weighted by atomic mass is 10.2. The van der Waals surface area contributed by atoms with Crippen molar-refractivity contribution < 1.29 is 0 Å². The maximum atomic E-state index is 4.28. The van der Waals surface area contributed by atoms with Gasteiger partial charge in [-0.2, -0.15) is 0 Å². The molecular formula is C32H43N3. The number of aryl methyl sites for hydroxylation is 3. The van der Waals surface area contributed by atoms with Gasteiger partial charge in [0.15, 0.2) is 0 Å². The minimum atomic E-state index is 0. The van der Waals surface area contributed by atoms with Crippen molar-refractivity contribution in [2.24, 2.45) is 0 Å². The predicted molar refractivity (Wildman–Crippen MR) is 159 cm³/mol.